The molecule has 180 valence electrons. The molecule has 0 spiro atoms. The molecule has 0 aromatic heterocycles. The van der Waals surface area contributed by atoms with Gasteiger partial charge in [-0.1, -0.05) is 18.2 Å². The predicted molar refractivity (Wildman–Crippen MR) is 126 cm³/mol. The lowest BCUT2D eigenvalue weighted by Crippen LogP contribution is -2.41. The molecular weight excluding hydrogens is 470 g/mol. The van der Waals surface area contributed by atoms with Gasteiger partial charge in [0.1, 0.15) is 4.90 Å². The number of hydrogen-bond acceptors (Lipinski definition) is 7. The van der Waals surface area contributed by atoms with Crippen LogP contribution < -0.4 is 14.7 Å². The molecule has 0 saturated carbocycles. The highest BCUT2D eigenvalue weighted by molar-refractivity contribution is 7.87. The van der Waals surface area contributed by atoms with E-state index < -0.39 is 16.1 Å². The van der Waals surface area contributed by atoms with E-state index in [0.717, 1.165) is 24.0 Å². The van der Waals surface area contributed by atoms with Gasteiger partial charge in [-0.15, -0.1) is 12.4 Å². The summed E-state index contributed by atoms with van der Waals surface area (Å²) in [5.74, 6) is -0.263. The van der Waals surface area contributed by atoms with Gasteiger partial charge in [0.15, 0.2) is 17.5 Å². The van der Waals surface area contributed by atoms with Gasteiger partial charge in [0, 0.05) is 18.7 Å². The lowest BCUT2D eigenvalue weighted by molar-refractivity contribution is 0.0596. The summed E-state index contributed by atoms with van der Waals surface area (Å²) in [6, 6.07) is 9.25. The molecule has 0 radical (unpaired) electrons. The van der Waals surface area contributed by atoms with Crippen molar-refractivity contribution in [3.8, 4) is 11.5 Å². The van der Waals surface area contributed by atoms with E-state index in [1.165, 1.54) is 32.4 Å². The summed E-state index contributed by atoms with van der Waals surface area (Å²) in [7, 11) is -1.71. The predicted octanol–water partition coefficient (Wildman–Crippen LogP) is 3.05. The highest BCUT2D eigenvalue weighted by atomic mass is 35.5. The van der Waals surface area contributed by atoms with E-state index in [1.54, 1.807) is 17.0 Å². The molecule has 0 atom stereocenters. The third kappa shape index (κ3) is 5.69. The number of hydrogen-bond donors (Lipinski definition) is 2. The number of nitrogens with zero attached hydrogens (tertiary/aromatic N) is 1. The van der Waals surface area contributed by atoms with Crippen LogP contribution in [0.2, 0.25) is 0 Å². The second-order valence-corrected chi connectivity index (χ2v) is 9.07. The van der Waals surface area contributed by atoms with Crippen LogP contribution in [0.25, 0.3) is 0 Å². The highest BCUT2D eigenvalue weighted by Gasteiger charge is 2.29. The Morgan fingerprint density at radius 3 is 2.36 bits per heavy atom. The van der Waals surface area contributed by atoms with E-state index in [2.05, 4.69) is 0 Å². The molecule has 3 N–H and O–H groups in total. The Morgan fingerprint density at radius 1 is 1.15 bits per heavy atom. The van der Waals surface area contributed by atoms with Gasteiger partial charge in [0.2, 0.25) is 0 Å². The van der Waals surface area contributed by atoms with Crippen LogP contribution in [-0.4, -0.2) is 52.6 Å². The number of nitrogens with two attached hydrogens (primary N) is 1. The number of benzene rings is 2. The summed E-state index contributed by atoms with van der Waals surface area (Å²) >= 11 is 0. The van der Waals surface area contributed by atoms with E-state index in [0.29, 0.717) is 18.8 Å². The van der Waals surface area contributed by atoms with Crippen molar-refractivity contribution in [2.75, 3.05) is 27.3 Å². The number of esters is 1. The number of rotatable bonds is 6. The molecule has 2 aromatic carbocycles. The molecular formula is C22H28ClN3O6S. The number of guanidine groups is 1. The maximum absolute atomic E-state index is 13.1. The van der Waals surface area contributed by atoms with Gasteiger partial charge in [-0.3, -0.25) is 5.41 Å². The fourth-order valence-electron chi connectivity index (χ4n) is 3.91. The zero-order valence-corrected chi connectivity index (χ0v) is 20.3. The van der Waals surface area contributed by atoms with Crippen LogP contribution in [0, 0.1) is 12.3 Å². The number of methoxy groups -OCH3 is 2. The second kappa shape index (κ2) is 10.8. The first-order valence-corrected chi connectivity index (χ1v) is 11.5. The minimum Gasteiger partial charge on any atom is -0.492 e. The first-order valence-electron chi connectivity index (χ1n) is 10.1. The molecule has 3 rings (SSSR count). The number of nitrogens with one attached hydrogen (secondary N) is 1. The number of likely N-dealkylation sites (tertiary alicyclic amines) is 1. The third-order valence-electron chi connectivity index (χ3n) is 5.47. The Bertz CT molecular complexity index is 1130. The van der Waals surface area contributed by atoms with E-state index in [9.17, 15) is 13.2 Å². The van der Waals surface area contributed by atoms with Crippen molar-refractivity contribution < 1.29 is 26.9 Å². The monoisotopic (exact) mass is 497 g/mol. The number of carbonyl (C=O) groups is 1. The molecule has 9 nitrogen and oxygen atoms in total. The molecule has 0 amide bonds. The van der Waals surface area contributed by atoms with E-state index in [1.807, 2.05) is 13.0 Å². The fraction of sp³-hybridized carbons (Fsp3) is 0.364. The minimum absolute atomic E-state index is 0. The summed E-state index contributed by atoms with van der Waals surface area (Å²) < 4.78 is 42.0. The van der Waals surface area contributed by atoms with E-state index in [-0.39, 0.29) is 40.5 Å². The number of carbonyl (C=O) groups excluding carboxylic acids is 1. The summed E-state index contributed by atoms with van der Waals surface area (Å²) in [6.45, 7) is 3.09. The number of ether oxygens (including phenoxy) is 2. The Kier molecular flexibility index (Phi) is 8.57. The van der Waals surface area contributed by atoms with Crippen molar-refractivity contribution in [1.29, 1.82) is 5.41 Å². The zero-order chi connectivity index (χ0) is 23.5. The summed E-state index contributed by atoms with van der Waals surface area (Å²) in [4.78, 5) is 13.6. The number of aryl methyl sites for hydroxylation is 1. The highest BCUT2D eigenvalue weighted by Crippen LogP contribution is 2.42. The van der Waals surface area contributed by atoms with Gasteiger partial charge in [-0.25, -0.2) is 4.79 Å². The van der Waals surface area contributed by atoms with Crippen LogP contribution in [0.1, 0.15) is 40.2 Å². The minimum atomic E-state index is -4.35. The van der Waals surface area contributed by atoms with Crippen molar-refractivity contribution in [1.82, 2.24) is 4.90 Å². The first-order chi connectivity index (χ1) is 15.2. The molecule has 0 bridgehead atoms. The fourth-order valence-corrected chi connectivity index (χ4v) is 5.02. The van der Waals surface area contributed by atoms with Gasteiger partial charge in [0.05, 0.1) is 19.8 Å². The van der Waals surface area contributed by atoms with Crippen molar-refractivity contribution in [3.63, 3.8) is 0 Å². The summed E-state index contributed by atoms with van der Waals surface area (Å²) in [6.07, 6.45) is 1.47. The Balaban J connectivity index is 0.00000385. The van der Waals surface area contributed by atoms with Crippen LogP contribution in [-0.2, 0) is 14.9 Å². The van der Waals surface area contributed by atoms with Crippen molar-refractivity contribution >= 4 is 34.5 Å². The Labute approximate surface area is 199 Å². The topological polar surface area (TPSA) is 132 Å². The van der Waals surface area contributed by atoms with Crippen molar-refractivity contribution in [3.05, 3.63) is 53.1 Å². The normalized spacial score (nSPS) is 14.2. The van der Waals surface area contributed by atoms with Crippen LogP contribution in [0.3, 0.4) is 0 Å². The molecule has 1 aliphatic heterocycles. The second-order valence-electron chi connectivity index (χ2n) is 7.56. The molecule has 11 heteroatoms. The SMILES string of the molecule is COC(=O)c1ccccc1S(=O)(=O)Oc1cc(C)cc(C2CCN(C(=N)N)CC2)c1OC.Cl. The van der Waals surface area contributed by atoms with Crippen molar-refractivity contribution in [2.24, 2.45) is 5.73 Å². The van der Waals surface area contributed by atoms with E-state index in [4.69, 9.17) is 24.8 Å². The average Bonchev–Trinajstić information content (AvgIpc) is 2.78. The molecule has 33 heavy (non-hydrogen) atoms. The number of halogens is 1. The largest absolute Gasteiger partial charge is 0.492 e. The van der Waals surface area contributed by atoms with E-state index >= 15 is 0 Å². The van der Waals surface area contributed by atoms with Crippen LogP contribution >= 0.6 is 12.4 Å². The van der Waals surface area contributed by atoms with Gasteiger partial charge in [-0.2, -0.15) is 8.42 Å². The molecule has 1 fully saturated rings. The van der Waals surface area contributed by atoms with Crippen molar-refractivity contribution in [2.45, 2.75) is 30.6 Å². The maximum Gasteiger partial charge on any atom is 0.340 e. The molecule has 0 unspecified atom stereocenters. The molecule has 1 heterocycles. The van der Waals surface area contributed by atoms with Crippen LogP contribution in [0.15, 0.2) is 41.3 Å². The lowest BCUT2D eigenvalue weighted by atomic mass is 9.88. The van der Waals surface area contributed by atoms with Crippen LogP contribution in [0.4, 0.5) is 0 Å². The number of piperidine rings is 1. The molecule has 2 aromatic rings. The van der Waals surface area contributed by atoms with Gasteiger partial charge < -0.3 is 24.3 Å². The smallest absolute Gasteiger partial charge is 0.340 e. The van der Waals surface area contributed by atoms with Crippen LogP contribution in [0.5, 0.6) is 11.5 Å². The quantitative estimate of drug-likeness (QED) is 0.269. The first kappa shape index (κ1) is 26.3. The Morgan fingerprint density at radius 2 is 1.79 bits per heavy atom. The zero-order valence-electron chi connectivity index (χ0n) is 18.7. The summed E-state index contributed by atoms with van der Waals surface area (Å²) in [5.41, 5.74) is 7.12. The lowest BCUT2D eigenvalue weighted by Gasteiger charge is -2.33. The third-order valence-corrected chi connectivity index (χ3v) is 6.76. The standard InChI is InChI=1S/C22H27N3O6S.ClH/c1-14-12-17(15-8-10-25(11-9-15)22(23)24)20(29-2)18(13-14)31-32(27,28)19-7-5-4-6-16(19)21(26)30-3;/h4-7,12-13,15H,8-11H2,1-3H3,(H3,23,24);1H. The van der Waals surface area contributed by atoms with Gasteiger partial charge in [-0.05, 0) is 49.4 Å². The maximum atomic E-state index is 13.1. The van der Waals surface area contributed by atoms with Gasteiger partial charge >= 0.3 is 16.1 Å². The molecule has 1 saturated heterocycles. The molecule has 1 aliphatic rings. The molecule has 0 aliphatic carbocycles. The Hall–Kier alpha value is -2.98. The van der Waals surface area contributed by atoms with Gasteiger partial charge in [0.25, 0.3) is 0 Å². The summed E-state index contributed by atoms with van der Waals surface area (Å²) in [5, 5.41) is 7.61. The average molecular weight is 498 g/mol.